The number of hydrogen-bond acceptors (Lipinski definition) is 4. The van der Waals surface area contributed by atoms with Gasteiger partial charge in [0.1, 0.15) is 6.10 Å². The van der Waals surface area contributed by atoms with Crippen molar-refractivity contribution in [3.05, 3.63) is 0 Å². The Labute approximate surface area is 66.1 Å². The van der Waals surface area contributed by atoms with E-state index in [1.54, 1.807) is 0 Å². The summed E-state index contributed by atoms with van der Waals surface area (Å²) in [4.78, 5) is 0. The molecule has 66 valence electrons. The summed E-state index contributed by atoms with van der Waals surface area (Å²) in [5, 5.41) is 9.34. The van der Waals surface area contributed by atoms with Crippen molar-refractivity contribution in [3.63, 3.8) is 0 Å². The third-order valence-electron chi connectivity index (χ3n) is 1.84. The summed E-state index contributed by atoms with van der Waals surface area (Å²) in [5.41, 5.74) is 0. The maximum atomic E-state index is 9.34. The van der Waals surface area contributed by atoms with Crippen LogP contribution in [-0.4, -0.2) is 44.4 Å². The molecule has 11 heavy (non-hydrogen) atoms. The fraction of sp³-hybridized carbons (Fsp3) is 1.00. The molecule has 0 amide bonds. The summed E-state index contributed by atoms with van der Waals surface area (Å²) >= 11 is 0. The van der Waals surface area contributed by atoms with E-state index in [0.717, 1.165) is 0 Å². The van der Waals surface area contributed by atoms with Crippen molar-refractivity contribution < 1.29 is 19.3 Å². The van der Waals surface area contributed by atoms with Crippen molar-refractivity contribution in [2.75, 3.05) is 20.8 Å². The Morgan fingerprint density at radius 1 is 1.45 bits per heavy atom. The predicted octanol–water partition coefficient (Wildman–Crippen LogP) is -0.245. The van der Waals surface area contributed by atoms with Crippen molar-refractivity contribution >= 4 is 0 Å². The molecular weight excluding hydrogens is 148 g/mol. The van der Waals surface area contributed by atoms with Crippen molar-refractivity contribution in [3.8, 4) is 0 Å². The first kappa shape index (κ1) is 8.93. The quantitative estimate of drug-likeness (QED) is 0.581. The van der Waals surface area contributed by atoms with Crippen LogP contribution >= 0.6 is 0 Å². The molecule has 0 aromatic heterocycles. The van der Waals surface area contributed by atoms with E-state index in [4.69, 9.17) is 14.2 Å². The second-order valence-corrected chi connectivity index (χ2v) is 2.53. The number of aliphatic hydroxyl groups is 1. The van der Waals surface area contributed by atoms with Gasteiger partial charge >= 0.3 is 0 Å². The average molecular weight is 162 g/mol. The molecule has 1 heterocycles. The number of rotatable bonds is 3. The topological polar surface area (TPSA) is 47.9 Å². The molecule has 1 fully saturated rings. The van der Waals surface area contributed by atoms with Gasteiger partial charge in [-0.15, -0.1) is 0 Å². The first-order chi connectivity index (χ1) is 5.29. The Morgan fingerprint density at radius 3 is 2.45 bits per heavy atom. The van der Waals surface area contributed by atoms with E-state index in [1.807, 2.05) is 0 Å². The van der Waals surface area contributed by atoms with Crippen LogP contribution < -0.4 is 0 Å². The van der Waals surface area contributed by atoms with E-state index in [9.17, 15) is 5.11 Å². The van der Waals surface area contributed by atoms with Crippen LogP contribution in [0.3, 0.4) is 0 Å². The second kappa shape index (κ2) is 4.01. The molecule has 1 N–H and O–H groups in total. The summed E-state index contributed by atoms with van der Waals surface area (Å²) in [6.45, 7) is 0.578. The van der Waals surface area contributed by atoms with E-state index in [-0.39, 0.29) is 6.10 Å². The molecule has 1 aliphatic rings. The molecule has 0 aliphatic carbocycles. The minimum atomic E-state index is -0.458. The third-order valence-corrected chi connectivity index (χ3v) is 1.84. The van der Waals surface area contributed by atoms with Gasteiger partial charge in [0.15, 0.2) is 6.29 Å². The maximum absolute atomic E-state index is 9.34. The van der Waals surface area contributed by atoms with E-state index in [2.05, 4.69) is 0 Å². The molecule has 0 saturated carbocycles. The van der Waals surface area contributed by atoms with Crippen LogP contribution in [-0.2, 0) is 14.2 Å². The predicted molar refractivity (Wildman–Crippen MR) is 38.2 cm³/mol. The largest absolute Gasteiger partial charge is 0.390 e. The lowest BCUT2D eigenvalue weighted by Crippen LogP contribution is -2.37. The van der Waals surface area contributed by atoms with E-state index >= 15 is 0 Å². The van der Waals surface area contributed by atoms with Crippen LogP contribution in [0.15, 0.2) is 0 Å². The highest BCUT2D eigenvalue weighted by Crippen LogP contribution is 2.18. The van der Waals surface area contributed by atoms with Gasteiger partial charge < -0.3 is 19.3 Å². The SMILES string of the molecule is COC(OC)[C@@H]1OCC[C@H]1O. The summed E-state index contributed by atoms with van der Waals surface area (Å²) in [6.07, 6.45) is -0.578. The Kier molecular flexibility index (Phi) is 3.26. The van der Waals surface area contributed by atoms with Crippen LogP contribution in [0, 0.1) is 0 Å². The summed E-state index contributed by atoms with van der Waals surface area (Å²) in [5.74, 6) is 0. The Hall–Kier alpha value is -0.160. The van der Waals surface area contributed by atoms with Crippen LogP contribution in [0.5, 0.6) is 0 Å². The monoisotopic (exact) mass is 162 g/mol. The molecule has 1 rings (SSSR count). The molecular formula is C7H14O4. The van der Waals surface area contributed by atoms with Crippen molar-refractivity contribution in [1.82, 2.24) is 0 Å². The van der Waals surface area contributed by atoms with Gasteiger partial charge in [-0.1, -0.05) is 0 Å². The number of ether oxygens (including phenoxy) is 3. The molecule has 0 bridgehead atoms. The first-order valence-electron chi connectivity index (χ1n) is 3.65. The van der Waals surface area contributed by atoms with Gasteiger partial charge in [0, 0.05) is 20.8 Å². The summed E-state index contributed by atoms with van der Waals surface area (Å²) in [6, 6.07) is 0. The zero-order valence-corrected chi connectivity index (χ0v) is 6.82. The van der Waals surface area contributed by atoms with Crippen LogP contribution in [0.25, 0.3) is 0 Å². The number of aliphatic hydroxyl groups excluding tert-OH is 1. The fourth-order valence-corrected chi connectivity index (χ4v) is 1.22. The van der Waals surface area contributed by atoms with Gasteiger partial charge in [-0.25, -0.2) is 0 Å². The third kappa shape index (κ3) is 1.90. The van der Waals surface area contributed by atoms with Crippen LogP contribution in [0.1, 0.15) is 6.42 Å². The molecule has 0 aromatic rings. The average Bonchev–Trinajstić information content (AvgIpc) is 2.40. The molecule has 4 nitrogen and oxygen atoms in total. The molecule has 0 spiro atoms. The lowest BCUT2D eigenvalue weighted by Gasteiger charge is -2.21. The minimum absolute atomic E-state index is 0.329. The van der Waals surface area contributed by atoms with Gasteiger partial charge in [-0.2, -0.15) is 0 Å². The van der Waals surface area contributed by atoms with Gasteiger partial charge in [0.05, 0.1) is 6.10 Å². The zero-order chi connectivity index (χ0) is 8.27. The van der Waals surface area contributed by atoms with E-state index in [1.165, 1.54) is 14.2 Å². The Balaban J connectivity index is 2.43. The van der Waals surface area contributed by atoms with Crippen molar-refractivity contribution in [2.45, 2.75) is 24.9 Å². The minimum Gasteiger partial charge on any atom is -0.390 e. The van der Waals surface area contributed by atoms with Crippen molar-refractivity contribution in [2.24, 2.45) is 0 Å². The van der Waals surface area contributed by atoms with Crippen LogP contribution in [0.2, 0.25) is 0 Å². The van der Waals surface area contributed by atoms with Gasteiger partial charge in [-0.3, -0.25) is 0 Å². The molecule has 4 heteroatoms. The van der Waals surface area contributed by atoms with E-state index in [0.29, 0.717) is 13.0 Å². The highest BCUT2D eigenvalue weighted by atomic mass is 16.7. The molecule has 0 aromatic carbocycles. The normalized spacial score (nSPS) is 31.6. The molecule has 1 saturated heterocycles. The van der Waals surface area contributed by atoms with Gasteiger partial charge in [0.25, 0.3) is 0 Å². The van der Waals surface area contributed by atoms with E-state index < -0.39 is 12.4 Å². The zero-order valence-electron chi connectivity index (χ0n) is 6.82. The second-order valence-electron chi connectivity index (χ2n) is 2.53. The highest BCUT2D eigenvalue weighted by molar-refractivity contribution is 4.77. The van der Waals surface area contributed by atoms with Gasteiger partial charge in [0.2, 0.25) is 0 Å². The standard InChI is InChI=1S/C7H14O4/c1-9-7(10-2)6-5(8)3-4-11-6/h5-8H,3-4H2,1-2H3/t5-,6-/m1/s1. The fourth-order valence-electron chi connectivity index (χ4n) is 1.22. The lowest BCUT2D eigenvalue weighted by atomic mass is 10.2. The first-order valence-corrected chi connectivity index (χ1v) is 3.65. The number of hydrogen-bond donors (Lipinski definition) is 1. The highest BCUT2D eigenvalue weighted by Gasteiger charge is 2.33. The smallest absolute Gasteiger partial charge is 0.185 e. The molecule has 2 atom stereocenters. The Bertz CT molecular complexity index is 113. The molecule has 1 aliphatic heterocycles. The van der Waals surface area contributed by atoms with Crippen molar-refractivity contribution in [1.29, 1.82) is 0 Å². The van der Waals surface area contributed by atoms with Crippen LogP contribution in [0.4, 0.5) is 0 Å². The van der Waals surface area contributed by atoms with Gasteiger partial charge in [-0.05, 0) is 6.42 Å². The molecule has 0 radical (unpaired) electrons. The lowest BCUT2D eigenvalue weighted by molar-refractivity contribution is -0.184. The number of methoxy groups -OCH3 is 2. The summed E-state index contributed by atoms with van der Waals surface area (Å²) < 4.78 is 15.1. The Morgan fingerprint density at radius 2 is 2.09 bits per heavy atom. The molecule has 0 unspecified atom stereocenters. The summed E-state index contributed by atoms with van der Waals surface area (Å²) in [7, 11) is 3.06. The maximum Gasteiger partial charge on any atom is 0.185 e.